The summed E-state index contributed by atoms with van der Waals surface area (Å²) in [6.07, 6.45) is 4.69. The Morgan fingerprint density at radius 2 is 1.86 bits per heavy atom. The molecule has 1 aliphatic rings. The highest BCUT2D eigenvalue weighted by atomic mass is 16.5. The molecule has 4 aromatic rings. The second-order valence-electron chi connectivity index (χ2n) is 9.28. The van der Waals surface area contributed by atoms with Crippen molar-refractivity contribution in [1.82, 2.24) is 20.0 Å². The van der Waals surface area contributed by atoms with Gasteiger partial charge in [0.15, 0.2) is 5.76 Å². The zero-order chi connectivity index (χ0) is 25.8. The van der Waals surface area contributed by atoms with E-state index in [2.05, 4.69) is 5.32 Å². The average molecular weight is 499 g/mol. The van der Waals surface area contributed by atoms with Crippen LogP contribution < -0.4 is 10.1 Å². The van der Waals surface area contributed by atoms with E-state index in [1.54, 1.807) is 13.2 Å². The molecule has 1 N–H and O–H groups in total. The molecule has 1 saturated heterocycles. The van der Waals surface area contributed by atoms with Crippen molar-refractivity contribution >= 4 is 11.8 Å². The Kier molecular flexibility index (Phi) is 7.07. The van der Waals surface area contributed by atoms with E-state index in [4.69, 9.17) is 14.3 Å². The molecule has 37 heavy (non-hydrogen) atoms. The van der Waals surface area contributed by atoms with Gasteiger partial charge in [0, 0.05) is 36.5 Å². The molecule has 2 amide bonds. The molecule has 0 spiro atoms. The van der Waals surface area contributed by atoms with E-state index < -0.39 is 0 Å². The molecule has 1 fully saturated rings. The Balaban J connectivity index is 1.33. The van der Waals surface area contributed by atoms with Crippen LogP contribution in [0.5, 0.6) is 5.75 Å². The predicted molar refractivity (Wildman–Crippen MR) is 140 cm³/mol. The maximum absolute atomic E-state index is 13.7. The number of rotatable bonds is 7. The molecule has 0 bridgehead atoms. The van der Waals surface area contributed by atoms with Crippen molar-refractivity contribution in [1.29, 1.82) is 0 Å². The third-order valence-corrected chi connectivity index (χ3v) is 6.71. The first-order valence-electron chi connectivity index (χ1n) is 12.4. The lowest BCUT2D eigenvalue weighted by Gasteiger charge is -2.32. The molecule has 8 heteroatoms. The smallest absolute Gasteiger partial charge is 0.287 e. The largest absolute Gasteiger partial charge is 0.497 e. The molecule has 0 aliphatic carbocycles. The number of benzene rings is 2. The molecule has 0 atom stereocenters. The second-order valence-corrected chi connectivity index (χ2v) is 9.28. The van der Waals surface area contributed by atoms with Gasteiger partial charge in [-0.2, -0.15) is 5.10 Å². The van der Waals surface area contributed by atoms with Crippen LogP contribution in [0.4, 0.5) is 0 Å². The molecular formula is C29H30N4O4. The number of ether oxygens (including phenoxy) is 1. The number of carbonyl (C=O) groups is 2. The summed E-state index contributed by atoms with van der Waals surface area (Å²) in [6.45, 7) is 3.49. The van der Waals surface area contributed by atoms with Crippen LogP contribution >= 0.6 is 0 Å². The van der Waals surface area contributed by atoms with Crippen LogP contribution in [0.2, 0.25) is 0 Å². The molecule has 3 heterocycles. The number of nitrogens with one attached hydrogen (secondary N) is 1. The molecule has 190 valence electrons. The molecule has 8 nitrogen and oxygen atoms in total. The van der Waals surface area contributed by atoms with E-state index in [0.29, 0.717) is 55.2 Å². The Bertz CT molecular complexity index is 1380. The first-order chi connectivity index (χ1) is 18.0. The van der Waals surface area contributed by atoms with Crippen LogP contribution in [0.3, 0.4) is 0 Å². The highest BCUT2D eigenvalue weighted by molar-refractivity contribution is 6.00. The van der Waals surface area contributed by atoms with Gasteiger partial charge >= 0.3 is 0 Å². The molecule has 2 aromatic heterocycles. The number of carbonyl (C=O) groups excluding carboxylic acids is 2. The lowest BCUT2D eigenvalue weighted by Crippen LogP contribution is -2.46. The number of amides is 2. The minimum Gasteiger partial charge on any atom is -0.497 e. The first-order valence-corrected chi connectivity index (χ1v) is 12.4. The van der Waals surface area contributed by atoms with Gasteiger partial charge in [-0.15, -0.1) is 0 Å². The lowest BCUT2D eigenvalue weighted by molar-refractivity contribution is 0.0696. The number of aromatic nitrogens is 2. The third kappa shape index (κ3) is 5.43. The van der Waals surface area contributed by atoms with E-state index >= 15 is 0 Å². The van der Waals surface area contributed by atoms with Gasteiger partial charge in [-0.1, -0.05) is 42.5 Å². The summed E-state index contributed by atoms with van der Waals surface area (Å²) < 4.78 is 12.5. The molecule has 0 saturated carbocycles. The van der Waals surface area contributed by atoms with Crippen LogP contribution in [0.25, 0.3) is 11.3 Å². The van der Waals surface area contributed by atoms with Crippen molar-refractivity contribution in [2.45, 2.75) is 32.4 Å². The Morgan fingerprint density at radius 3 is 2.57 bits per heavy atom. The topological polar surface area (TPSA) is 89.6 Å². The van der Waals surface area contributed by atoms with Gasteiger partial charge in [-0.05, 0) is 43.5 Å². The third-order valence-electron chi connectivity index (χ3n) is 6.71. The minimum absolute atomic E-state index is 0.0142. The van der Waals surface area contributed by atoms with E-state index in [1.165, 1.54) is 6.26 Å². The monoisotopic (exact) mass is 498 g/mol. The van der Waals surface area contributed by atoms with E-state index in [0.717, 1.165) is 16.7 Å². The first kappa shape index (κ1) is 24.4. The standard InChI is InChI=1S/C29H30N4O4/c1-20-13-16-37-27(20)28(34)30-23-11-14-32(15-12-23)29(35)25-19-33(18-21-7-4-3-5-8-21)31-26(25)22-9-6-10-24(17-22)36-2/h3-10,13,16-17,19,23H,11-12,14-15,18H2,1-2H3,(H,30,34). The van der Waals surface area contributed by atoms with Crippen molar-refractivity contribution in [2.75, 3.05) is 20.2 Å². The van der Waals surface area contributed by atoms with Gasteiger partial charge in [0.1, 0.15) is 11.4 Å². The second kappa shape index (κ2) is 10.7. The van der Waals surface area contributed by atoms with Gasteiger partial charge in [0.05, 0.1) is 25.5 Å². The van der Waals surface area contributed by atoms with Gasteiger partial charge in [0.25, 0.3) is 11.8 Å². The fourth-order valence-electron chi connectivity index (χ4n) is 4.67. The summed E-state index contributed by atoms with van der Waals surface area (Å²) in [5.41, 5.74) is 3.92. The van der Waals surface area contributed by atoms with Crippen LogP contribution in [0, 0.1) is 6.92 Å². The summed E-state index contributed by atoms with van der Waals surface area (Å²) in [5.74, 6) is 0.766. The van der Waals surface area contributed by atoms with Crippen molar-refractivity contribution in [3.05, 3.63) is 95.6 Å². The number of aryl methyl sites for hydroxylation is 1. The van der Waals surface area contributed by atoms with Crippen molar-refractivity contribution in [2.24, 2.45) is 0 Å². The predicted octanol–water partition coefficient (Wildman–Crippen LogP) is 4.54. The maximum atomic E-state index is 13.7. The highest BCUT2D eigenvalue weighted by Crippen LogP contribution is 2.28. The average Bonchev–Trinajstić information content (AvgIpc) is 3.55. The van der Waals surface area contributed by atoms with Gasteiger partial charge in [-0.25, -0.2) is 0 Å². The molecule has 2 aromatic carbocycles. The van der Waals surface area contributed by atoms with Crippen LogP contribution in [-0.4, -0.2) is 52.7 Å². The van der Waals surface area contributed by atoms with E-state index in [9.17, 15) is 9.59 Å². The van der Waals surface area contributed by atoms with Gasteiger partial charge < -0.3 is 19.4 Å². The fourth-order valence-corrected chi connectivity index (χ4v) is 4.67. The number of piperidine rings is 1. The van der Waals surface area contributed by atoms with Crippen LogP contribution in [0.15, 0.2) is 77.5 Å². The number of furan rings is 1. The quantitative estimate of drug-likeness (QED) is 0.404. The van der Waals surface area contributed by atoms with Crippen LogP contribution in [0.1, 0.15) is 44.9 Å². The molecule has 0 radical (unpaired) electrons. The fraction of sp³-hybridized carbons (Fsp3) is 0.276. The summed E-state index contributed by atoms with van der Waals surface area (Å²) in [6, 6.07) is 19.4. The number of nitrogens with zero attached hydrogens (tertiary/aromatic N) is 3. The zero-order valence-electron chi connectivity index (χ0n) is 21.0. The number of hydrogen-bond donors (Lipinski definition) is 1. The maximum Gasteiger partial charge on any atom is 0.287 e. The van der Waals surface area contributed by atoms with Crippen molar-refractivity contribution in [3.8, 4) is 17.0 Å². The van der Waals surface area contributed by atoms with E-state index in [1.807, 2.05) is 77.3 Å². The summed E-state index contributed by atoms with van der Waals surface area (Å²) in [4.78, 5) is 28.1. The lowest BCUT2D eigenvalue weighted by atomic mass is 10.0. The summed E-state index contributed by atoms with van der Waals surface area (Å²) in [7, 11) is 1.62. The Hall–Kier alpha value is -4.33. The van der Waals surface area contributed by atoms with Crippen molar-refractivity contribution in [3.63, 3.8) is 0 Å². The summed E-state index contributed by atoms with van der Waals surface area (Å²) >= 11 is 0. The number of methoxy groups -OCH3 is 1. The van der Waals surface area contributed by atoms with Crippen molar-refractivity contribution < 1.29 is 18.7 Å². The SMILES string of the molecule is COc1cccc(-c2nn(Cc3ccccc3)cc2C(=O)N2CCC(NC(=O)c3occc3C)CC2)c1. The summed E-state index contributed by atoms with van der Waals surface area (Å²) in [5, 5.41) is 7.85. The molecular weight excluding hydrogens is 468 g/mol. The zero-order valence-corrected chi connectivity index (χ0v) is 21.0. The number of likely N-dealkylation sites (tertiary alicyclic amines) is 1. The van der Waals surface area contributed by atoms with Gasteiger partial charge in [0.2, 0.25) is 0 Å². The van der Waals surface area contributed by atoms with Crippen LogP contribution in [-0.2, 0) is 6.54 Å². The molecule has 0 unspecified atom stereocenters. The Morgan fingerprint density at radius 1 is 1.08 bits per heavy atom. The number of hydrogen-bond acceptors (Lipinski definition) is 5. The normalized spacial score (nSPS) is 13.9. The van der Waals surface area contributed by atoms with E-state index in [-0.39, 0.29) is 17.9 Å². The highest BCUT2D eigenvalue weighted by Gasteiger charge is 2.29. The molecule has 5 rings (SSSR count). The molecule has 1 aliphatic heterocycles. The Labute approximate surface area is 215 Å². The van der Waals surface area contributed by atoms with Gasteiger partial charge in [-0.3, -0.25) is 14.3 Å². The minimum atomic E-state index is -0.213.